The molecule has 1 amide bonds. The Balaban J connectivity index is 0.00000280. The molecule has 1 aromatic carbocycles. The number of hydrogen-bond acceptors (Lipinski definition) is 4. The zero-order valence-electron chi connectivity index (χ0n) is 16.6. The number of nitrogens with one attached hydrogen (secondary N) is 1. The van der Waals surface area contributed by atoms with Crippen molar-refractivity contribution in [3.63, 3.8) is 0 Å². The van der Waals surface area contributed by atoms with Crippen LogP contribution in [0.2, 0.25) is 0 Å². The molecule has 28 heavy (non-hydrogen) atoms. The van der Waals surface area contributed by atoms with E-state index in [1.807, 2.05) is 12.1 Å². The van der Waals surface area contributed by atoms with Crippen molar-refractivity contribution >= 4 is 17.2 Å². The average Bonchev–Trinajstić information content (AvgIpc) is 3.23. The number of amides is 1. The van der Waals surface area contributed by atoms with Crippen LogP contribution in [0.5, 0.6) is 5.75 Å². The standard InChI is InChI=1S/C22H25N2O2S.Y/c1-22(2,3)13-16-6-4-7-18(12-16)26-15-17-14-24-21(25)19(17)8-5-9-20-23-10-11-27-20;/h4,6-7,10,12,17,19H,8,13-15H2,1-3H3,(H,24,25);/q-1;/t17-,19-;/m1./s1. The Labute approximate surface area is 196 Å². The molecule has 1 fully saturated rings. The second kappa shape index (κ2) is 10.5. The first-order valence-corrected chi connectivity index (χ1v) is 10.0. The molecule has 3 rings (SSSR count). The maximum atomic E-state index is 12.1. The topological polar surface area (TPSA) is 51.2 Å². The SMILES string of the molecule is CC(C)(C)Cc1cccc(OC[C@H]2CNC(=O)[C@@H]2CC#Cc2nc[c-]s2)c1.[Y]. The number of hydrogen-bond donors (Lipinski definition) is 1. The molecule has 145 valence electrons. The van der Waals surface area contributed by atoms with E-state index in [1.165, 1.54) is 16.9 Å². The van der Waals surface area contributed by atoms with Crippen LogP contribution in [0.15, 0.2) is 30.5 Å². The molecule has 4 nitrogen and oxygen atoms in total. The van der Waals surface area contributed by atoms with E-state index in [0.717, 1.165) is 17.2 Å². The molecule has 0 bridgehead atoms. The summed E-state index contributed by atoms with van der Waals surface area (Å²) in [5.41, 5.74) is 1.50. The van der Waals surface area contributed by atoms with Gasteiger partial charge >= 0.3 is 0 Å². The third-order valence-corrected chi connectivity index (χ3v) is 5.07. The van der Waals surface area contributed by atoms with Crippen molar-refractivity contribution in [1.82, 2.24) is 10.3 Å². The van der Waals surface area contributed by atoms with Crippen LogP contribution in [0, 0.1) is 34.5 Å². The number of benzene rings is 1. The molecule has 0 unspecified atom stereocenters. The van der Waals surface area contributed by atoms with Crippen molar-refractivity contribution < 1.29 is 42.2 Å². The Kier molecular flexibility index (Phi) is 8.67. The average molecular weight is 470 g/mol. The molecule has 1 aliphatic heterocycles. The van der Waals surface area contributed by atoms with Gasteiger partial charge in [-0.25, -0.2) is 0 Å². The van der Waals surface area contributed by atoms with Crippen molar-refractivity contribution in [3.8, 4) is 17.6 Å². The molecule has 6 heteroatoms. The summed E-state index contributed by atoms with van der Waals surface area (Å²) in [5.74, 6) is 6.99. The van der Waals surface area contributed by atoms with Gasteiger partial charge in [-0.15, -0.1) is 11.8 Å². The number of nitrogens with zero attached hydrogens (tertiary/aromatic N) is 1. The van der Waals surface area contributed by atoms with Crippen LogP contribution < -0.4 is 10.1 Å². The van der Waals surface area contributed by atoms with E-state index >= 15 is 0 Å². The van der Waals surface area contributed by atoms with Gasteiger partial charge in [-0.2, -0.15) is 5.38 Å². The first-order chi connectivity index (χ1) is 12.9. The second-order valence-corrected chi connectivity index (χ2v) is 8.92. The van der Waals surface area contributed by atoms with E-state index < -0.39 is 0 Å². The van der Waals surface area contributed by atoms with Crippen molar-refractivity contribution in [2.75, 3.05) is 13.2 Å². The molecule has 1 saturated heterocycles. The molecule has 0 aliphatic carbocycles. The molecule has 2 aromatic rings. The van der Waals surface area contributed by atoms with E-state index in [4.69, 9.17) is 4.74 Å². The molecular formula is C22H25N2O2SY-. The van der Waals surface area contributed by atoms with Gasteiger partial charge in [-0.3, -0.25) is 4.79 Å². The maximum Gasteiger partial charge on any atom is 0.224 e. The predicted molar refractivity (Wildman–Crippen MR) is 108 cm³/mol. The van der Waals surface area contributed by atoms with Gasteiger partial charge in [0.05, 0.1) is 12.5 Å². The van der Waals surface area contributed by atoms with Gasteiger partial charge in [0.1, 0.15) is 5.75 Å². The van der Waals surface area contributed by atoms with Crippen LogP contribution in [0.1, 0.15) is 37.8 Å². The fourth-order valence-electron chi connectivity index (χ4n) is 3.20. The van der Waals surface area contributed by atoms with Crippen LogP contribution in [-0.4, -0.2) is 24.0 Å². The van der Waals surface area contributed by atoms with Crippen LogP contribution in [-0.2, 0) is 43.9 Å². The third-order valence-electron chi connectivity index (χ3n) is 4.45. The number of ether oxygens (including phenoxy) is 1. The van der Waals surface area contributed by atoms with E-state index in [9.17, 15) is 4.79 Å². The summed E-state index contributed by atoms with van der Waals surface area (Å²) in [4.78, 5) is 16.2. The van der Waals surface area contributed by atoms with Crippen molar-refractivity contribution in [3.05, 3.63) is 46.4 Å². The van der Waals surface area contributed by atoms with Gasteiger partial charge in [0.2, 0.25) is 5.91 Å². The number of thiazole rings is 1. The summed E-state index contributed by atoms with van der Waals surface area (Å²) in [6, 6.07) is 8.24. The minimum atomic E-state index is -0.140. The number of carbonyl (C=O) groups excluding carboxylic acids is 1. The first kappa shape index (κ1) is 23.1. The van der Waals surface area contributed by atoms with Crippen molar-refractivity contribution in [2.24, 2.45) is 17.3 Å². The Morgan fingerprint density at radius 2 is 2.21 bits per heavy atom. The fourth-order valence-corrected chi connectivity index (χ4v) is 3.65. The summed E-state index contributed by atoms with van der Waals surface area (Å²) in [6.45, 7) is 7.83. The molecule has 1 N–H and O–H groups in total. The summed E-state index contributed by atoms with van der Waals surface area (Å²) < 4.78 is 6.02. The van der Waals surface area contributed by atoms with Gasteiger partial charge in [0.25, 0.3) is 0 Å². The van der Waals surface area contributed by atoms with E-state index in [1.54, 1.807) is 6.20 Å². The zero-order chi connectivity index (χ0) is 19.3. The normalized spacial score (nSPS) is 18.6. The Morgan fingerprint density at radius 3 is 2.93 bits per heavy atom. The Bertz CT molecular complexity index is 834. The van der Waals surface area contributed by atoms with Crippen LogP contribution in [0.3, 0.4) is 0 Å². The van der Waals surface area contributed by atoms with Gasteiger partial charge in [0.15, 0.2) is 0 Å². The Morgan fingerprint density at radius 1 is 1.39 bits per heavy atom. The molecule has 2 heterocycles. The Hall–Kier alpha value is -1.22. The van der Waals surface area contributed by atoms with Gasteiger partial charge < -0.3 is 26.4 Å². The number of carbonyl (C=O) groups is 1. The van der Waals surface area contributed by atoms with Gasteiger partial charge in [-0.1, -0.05) is 39.1 Å². The maximum absolute atomic E-state index is 12.1. The third kappa shape index (κ3) is 6.99. The predicted octanol–water partition coefficient (Wildman–Crippen LogP) is 3.71. The van der Waals surface area contributed by atoms with Crippen LogP contribution in [0.25, 0.3) is 0 Å². The molecule has 1 aromatic heterocycles. The summed E-state index contributed by atoms with van der Waals surface area (Å²) in [7, 11) is 0. The van der Waals surface area contributed by atoms with E-state index in [2.05, 4.69) is 60.4 Å². The van der Waals surface area contributed by atoms with Crippen molar-refractivity contribution in [2.45, 2.75) is 33.6 Å². The molecule has 1 radical (unpaired) electrons. The monoisotopic (exact) mass is 470 g/mol. The van der Waals surface area contributed by atoms with Crippen LogP contribution >= 0.6 is 11.3 Å². The van der Waals surface area contributed by atoms with E-state index in [-0.39, 0.29) is 55.9 Å². The molecule has 0 spiro atoms. The smallest absolute Gasteiger partial charge is 0.224 e. The second-order valence-electron chi connectivity index (χ2n) is 8.10. The number of rotatable bonds is 5. The van der Waals surface area contributed by atoms with Crippen molar-refractivity contribution in [1.29, 1.82) is 0 Å². The largest absolute Gasteiger partial charge is 0.493 e. The summed E-state index contributed by atoms with van der Waals surface area (Å²) in [5, 5.41) is 6.58. The fraction of sp³-hybridized carbons (Fsp3) is 0.455. The summed E-state index contributed by atoms with van der Waals surface area (Å²) in [6.07, 6.45) is 3.13. The molecule has 1 aliphatic rings. The summed E-state index contributed by atoms with van der Waals surface area (Å²) >= 11 is 1.38. The van der Waals surface area contributed by atoms with Gasteiger partial charge in [0, 0.05) is 56.6 Å². The number of aromatic nitrogens is 1. The van der Waals surface area contributed by atoms with Gasteiger partial charge in [-0.05, 0) is 29.5 Å². The molecule has 0 saturated carbocycles. The minimum absolute atomic E-state index is 0. The molecular weight excluding hydrogens is 445 g/mol. The zero-order valence-corrected chi connectivity index (χ0v) is 20.3. The molecule has 2 atom stereocenters. The first-order valence-electron chi connectivity index (χ1n) is 9.21. The minimum Gasteiger partial charge on any atom is -0.493 e. The van der Waals surface area contributed by atoms with E-state index in [0.29, 0.717) is 19.6 Å². The quantitative estimate of drug-likeness (QED) is 0.536. The van der Waals surface area contributed by atoms with Crippen LogP contribution in [0.4, 0.5) is 0 Å².